The van der Waals surface area contributed by atoms with Crippen molar-refractivity contribution in [1.29, 1.82) is 0 Å². The lowest BCUT2D eigenvalue weighted by Gasteiger charge is -2.19. The quantitative estimate of drug-likeness (QED) is 0.623. The second-order valence-electron chi connectivity index (χ2n) is 3.60. The fourth-order valence-corrected chi connectivity index (χ4v) is 1.68. The zero-order chi connectivity index (χ0) is 9.68. The van der Waals surface area contributed by atoms with E-state index in [9.17, 15) is 4.79 Å². The molecule has 0 radical (unpaired) electrons. The van der Waals surface area contributed by atoms with E-state index in [0.717, 1.165) is 6.54 Å². The molecule has 1 saturated heterocycles. The predicted octanol–water partition coefficient (Wildman–Crippen LogP) is -0.454. The molecule has 0 bridgehead atoms. The van der Waals surface area contributed by atoms with Crippen LogP contribution in [-0.4, -0.2) is 43.0 Å². The molecule has 1 aliphatic rings. The minimum Gasteiger partial charge on any atom is -0.354 e. The number of hydrogen-bond donors (Lipinski definition) is 2. The first-order valence-corrected chi connectivity index (χ1v) is 4.95. The number of nitrogens with one attached hydrogen (secondary N) is 1. The molecule has 4 heteroatoms. The lowest BCUT2D eigenvalue weighted by molar-refractivity contribution is -0.122. The Morgan fingerprint density at radius 2 is 2.46 bits per heavy atom. The van der Waals surface area contributed by atoms with E-state index >= 15 is 0 Å². The summed E-state index contributed by atoms with van der Waals surface area (Å²) in [5.74, 6) is 0.0965. The van der Waals surface area contributed by atoms with Gasteiger partial charge in [-0.15, -0.1) is 0 Å². The Kier molecular flexibility index (Phi) is 4.18. The van der Waals surface area contributed by atoms with Crippen LogP contribution in [0.3, 0.4) is 0 Å². The van der Waals surface area contributed by atoms with E-state index in [-0.39, 0.29) is 5.91 Å². The van der Waals surface area contributed by atoms with Crippen molar-refractivity contribution in [3.8, 4) is 0 Å². The van der Waals surface area contributed by atoms with Crippen molar-refractivity contribution in [2.75, 3.05) is 26.2 Å². The van der Waals surface area contributed by atoms with Gasteiger partial charge in [-0.1, -0.05) is 0 Å². The Balaban J connectivity index is 2.19. The number of amides is 1. The van der Waals surface area contributed by atoms with E-state index in [1.54, 1.807) is 0 Å². The molecule has 1 fully saturated rings. The van der Waals surface area contributed by atoms with E-state index in [2.05, 4.69) is 17.1 Å². The van der Waals surface area contributed by atoms with Crippen LogP contribution in [0.4, 0.5) is 0 Å². The van der Waals surface area contributed by atoms with Gasteiger partial charge in [0.25, 0.3) is 0 Å². The van der Waals surface area contributed by atoms with Gasteiger partial charge >= 0.3 is 0 Å². The molecule has 0 saturated carbocycles. The monoisotopic (exact) mass is 185 g/mol. The molecule has 1 rings (SSSR count). The maximum Gasteiger partial charge on any atom is 0.234 e. The predicted molar refractivity (Wildman–Crippen MR) is 52.3 cm³/mol. The molecule has 76 valence electrons. The first-order valence-electron chi connectivity index (χ1n) is 4.95. The normalized spacial score (nSPS) is 23.4. The molecular weight excluding hydrogens is 166 g/mol. The van der Waals surface area contributed by atoms with Gasteiger partial charge < -0.3 is 11.1 Å². The van der Waals surface area contributed by atoms with Crippen molar-refractivity contribution < 1.29 is 4.79 Å². The molecule has 3 N–H and O–H groups in total. The molecule has 1 amide bonds. The Morgan fingerprint density at radius 3 is 3.00 bits per heavy atom. The third kappa shape index (κ3) is 3.32. The molecule has 1 atom stereocenters. The number of hydrogen-bond acceptors (Lipinski definition) is 3. The summed E-state index contributed by atoms with van der Waals surface area (Å²) in [6.07, 6.45) is 2.43. The molecule has 4 nitrogen and oxygen atoms in total. The van der Waals surface area contributed by atoms with Gasteiger partial charge in [-0.3, -0.25) is 9.69 Å². The van der Waals surface area contributed by atoms with Crippen LogP contribution in [0.1, 0.15) is 19.8 Å². The fourth-order valence-electron chi connectivity index (χ4n) is 1.68. The van der Waals surface area contributed by atoms with Crippen LogP contribution in [0.15, 0.2) is 0 Å². The summed E-state index contributed by atoms with van der Waals surface area (Å²) in [6.45, 7) is 4.85. The second-order valence-corrected chi connectivity index (χ2v) is 3.60. The van der Waals surface area contributed by atoms with Crippen molar-refractivity contribution >= 4 is 5.91 Å². The first kappa shape index (κ1) is 10.5. The summed E-state index contributed by atoms with van der Waals surface area (Å²) >= 11 is 0. The number of likely N-dealkylation sites (tertiary alicyclic amines) is 1. The van der Waals surface area contributed by atoms with Gasteiger partial charge in [0.2, 0.25) is 5.91 Å². The van der Waals surface area contributed by atoms with Crippen LogP contribution >= 0.6 is 0 Å². The van der Waals surface area contributed by atoms with Crippen molar-refractivity contribution in [2.45, 2.75) is 25.8 Å². The van der Waals surface area contributed by atoms with Crippen molar-refractivity contribution in [2.24, 2.45) is 5.73 Å². The van der Waals surface area contributed by atoms with Crippen LogP contribution in [0.2, 0.25) is 0 Å². The molecule has 1 aliphatic heterocycles. The summed E-state index contributed by atoms with van der Waals surface area (Å²) < 4.78 is 0. The Hall–Kier alpha value is -0.610. The van der Waals surface area contributed by atoms with Gasteiger partial charge in [-0.2, -0.15) is 0 Å². The molecule has 0 aromatic rings. The molecule has 0 spiro atoms. The first-order chi connectivity index (χ1) is 6.24. The lowest BCUT2D eigenvalue weighted by Crippen LogP contribution is -2.40. The highest BCUT2D eigenvalue weighted by Crippen LogP contribution is 2.15. The van der Waals surface area contributed by atoms with Crippen LogP contribution in [0, 0.1) is 0 Å². The SMILES string of the molecule is CC1CCCN1CC(=O)NCCN. The molecule has 0 aliphatic carbocycles. The molecule has 1 unspecified atom stereocenters. The molecule has 1 heterocycles. The lowest BCUT2D eigenvalue weighted by atomic mass is 10.2. The third-order valence-corrected chi connectivity index (χ3v) is 2.50. The highest BCUT2D eigenvalue weighted by Gasteiger charge is 2.21. The standard InChI is InChI=1S/C9H19N3O/c1-8-3-2-6-12(8)7-9(13)11-5-4-10/h8H,2-7,10H2,1H3,(H,11,13). The van der Waals surface area contributed by atoms with Crippen LogP contribution in [0.25, 0.3) is 0 Å². The highest BCUT2D eigenvalue weighted by atomic mass is 16.2. The zero-order valence-corrected chi connectivity index (χ0v) is 8.25. The molecule has 0 aromatic carbocycles. The molecular formula is C9H19N3O. The third-order valence-electron chi connectivity index (χ3n) is 2.50. The number of rotatable bonds is 4. The highest BCUT2D eigenvalue weighted by molar-refractivity contribution is 5.78. The summed E-state index contributed by atoms with van der Waals surface area (Å²) in [7, 11) is 0. The fraction of sp³-hybridized carbons (Fsp3) is 0.889. The van der Waals surface area contributed by atoms with Gasteiger partial charge in [0.15, 0.2) is 0 Å². The Morgan fingerprint density at radius 1 is 1.69 bits per heavy atom. The van der Waals surface area contributed by atoms with Crippen LogP contribution in [0.5, 0.6) is 0 Å². The van der Waals surface area contributed by atoms with E-state index in [0.29, 0.717) is 25.7 Å². The Labute approximate surface area is 79.5 Å². The zero-order valence-electron chi connectivity index (χ0n) is 8.25. The van der Waals surface area contributed by atoms with Crippen molar-refractivity contribution in [1.82, 2.24) is 10.2 Å². The summed E-state index contributed by atoms with van der Waals surface area (Å²) in [5.41, 5.74) is 5.28. The van der Waals surface area contributed by atoms with Crippen molar-refractivity contribution in [3.05, 3.63) is 0 Å². The number of carbonyl (C=O) groups is 1. The van der Waals surface area contributed by atoms with Crippen LogP contribution in [-0.2, 0) is 4.79 Å². The maximum absolute atomic E-state index is 11.3. The largest absolute Gasteiger partial charge is 0.354 e. The van der Waals surface area contributed by atoms with E-state index < -0.39 is 0 Å². The maximum atomic E-state index is 11.3. The van der Waals surface area contributed by atoms with E-state index in [4.69, 9.17) is 5.73 Å². The molecule has 0 aromatic heterocycles. The van der Waals surface area contributed by atoms with Gasteiger partial charge in [0.1, 0.15) is 0 Å². The minimum atomic E-state index is 0.0965. The van der Waals surface area contributed by atoms with Crippen LogP contribution < -0.4 is 11.1 Å². The van der Waals surface area contributed by atoms with Gasteiger partial charge in [0.05, 0.1) is 6.54 Å². The molecule has 13 heavy (non-hydrogen) atoms. The number of nitrogens with zero attached hydrogens (tertiary/aromatic N) is 1. The smallest absolute Gasteiger partial charge is 0.234 e. The van der Waals surface area contributed by atoms with Gasteiger partial charge in [0, 0.05) is 19.1 Å². The van der Waals surface area contributed by atoms with E-state index in [1.807, 2.05) is 0 Å². The minimum absolute atomic E-state index is 0.0965. The number of carbonyl (C=O) groups excluding carboxylic acids is 1. The average molecular weight is 185 g/mol. The second kappa shape index (κ2) is 5.19. The van der Waals surface area contributed by atoms with Gasteiger partial charge in [-0.25, -0.2) is 0 Å². The summed E-state index contributed by atoms with van der Waals surface area (Å²) in [6, 6.07) is 0.559. The number of nitrogens with two attached hydrogens (primary N) is 1. The summed E-state index contributed by atoms with van der Waals surface area (Å²) in [5, 5.41) is 2.77. The Bertz CT molecular complexity index is 172. The van der Waals surface area contributed by atoms with Crippen molar-refractivity contribution in [3.63, 3.8) is 0 Å². The topological polar surface area (TPSA) is 58.4 Å². The van der Waals surface area contributed by atoms with Gasteiger partial charge in [-0.05, 0) is 26.3 Å². The van der Waals surface area contributed by atoms with E-state index in [1.165, 1.54) is 12.8 Å². The average Bonchev–Trinajstić information content (AvgIpc) is 2.48. The summed E-state index contributed by atoms with van der Waals surface area (Å²) in [4.78, 5) is 13.5.